The minimum Gasteiger partial charge on any atom is -0.312 e. The van der Waals surface area contributed by atoms with E-state index in [4.69, 9.17) is 0 Å². The van der Waals surface area contributed by atoms with Gasteiger partial charge in [-0.2, -0.15) is 0 Å². The predicted octanol–water partition coefficient (Wildman–Crippen LogP) is 3.21. The molecule has 0 aliphatic carbocycles. The minimum atomic E-state index is 0.613. The normalized spacial score (nSPS) is 20.6. The van der Waals surface area contributed by atoms with Gasteiger partial charge in [0.05, 0.1) is 0 Å². The maximum Gasteiger partial charge on any atom is 0.0329 e. The maximum absolute atomic E-state index is 3.49. The van der Waals surface area contributed by atoms with Gasteiger partial charge in [-0.05, 0) is 29.5 Å². The van der Waals surface area contributed by atoms with Crippen molar-refractivity contribution in [2.75, 3.05) is 19.6 Å². The molecule has 0 radical (unpaired) electrons. The molecule has 1 unspecified atom stereocenters. The van der Waals surface area contributed by atoms with Crippen LogP contribution >= 0.6 is 11.3 Å². The average Bonchev–Trinajstić information content (AvgIpc) is 2.88. The molecule has 0 spiro atoms. The molecule has 2 aromatic rings. The molecule has 2 heterocycles. The largest absolute Gasteiger partial charge is 0.312 e. The molecule has 0 saturated carbocycles. The summed E-state index contributed by atoms with van der Waals surface area (Å²) >= 11 is 1.88. The van der Waals surface area contributed by atoms with E-state index >= 15 is 0 Å². The second-order valence-corrected chi connectivity index (χ2v) is 6.25. The molecule has 1 saturated heterocycles. The first-order valence-corrected chi connectivity index (χ1v) is 7.78. The highest BCUT2D eigenvalue weighted by Crippen LogP contribution is 2.26. The van der Waals surface area contributed by atoms with E-state index in [0.29, 0.717) is 6.04 Å². The number of nitrogens with zero attached hydrogens (tertiary/aromatic N) is 1. The highest BCUT2D eigenvalue weighted by Gasteiger charge is 2.16. The highest BCUT2D eigenvalue weighted by atomic mass is 32.1. The monoisotopic (exact) mass is 272 g/mol. The van der Waals surface area contributed by atoms with Crippen LogP contribution in [0.3, 0.4) is 0 Å². The molecule has 0 bridgehead atoms. The van der Waals surface area contributed by atoms with Gasteiger partial charge in [-0.3, -0.25) is 4.90 Å². The van der Waals surface area contributed by atoms with E-state index in [1.165, 1.54) is 16.0 Å². The number of rotatable bonds is 3. The van der Waals surface area contributed by atoms with Crippen molar-refractivity contribution in [2.45, 2.75) is 19.5 Å². The Kier molecular flexibility index (Phi) is 3.97. The summed E-state index contributed by atoms with van der Waals surface area (Å²) in [6.45, 7) is 6.76. The van der Waals surface area contributed by atoms with E-state index < -0.39 is 0 Å². The smallest absolute Gasteiger partial charge is 0.0329 e. The van der Waals surface area contributed by atoms with Crippen LogP contribution in [0.5, 0.6) is 0 Å². The molecular weight excluding hydrogens is 252 g/mol. The quantitative estimate of drug-likeness (QED) is 0.923. The molecular formula is C16H20N2S. The van der Waals surface area contributed by atoms with E-state index in [2.05, 4.69) is 58.9 Å². The lowest BCUT2D eigenvalue weighted by molar-refractivity contribution is 0.201. The molecule has 3 rings (SSSR count). The van der Waals surface area contributed by atoms with Crippen molar-refractivity contribution in [1.29, 1.82) is 0 Å². The summed E-state index contributed by atoms with van der Waals surface area (Å²) in [5.74, 6) is 0. The Bertz CT molecular complexity index is 521. The molecule has 3 heteroatoms. The summed E-state index contributed by atoms with van der Waals surface area (Å²) in [5.41, 5.74) is 2.67. The number of nitrogens with one attached hydrogen (secondary N) is 1. The Labute approximate surface area is 119 Å². The van der Waals surface area contributed by atoms with Crippen LogP contribution in [0.15, 0.2) is 41.8 Å². The van der Waals surface area contributed by atoms with Gasteiger partial charge in [0.2, 0.25) is 0 Å². The summed E-state index contributed by atoms with van der Waals surface area (Å²) in [6.07, 6.45) is 0. The van der Waals surface area contributed by atoms with Crippen LogP contribution in [0.25, 0.3) is 11.1 Å². The first-order chi connectivity index (χ1) is 9.31. The molecule has 1 aliphatic rings. The molecule has 0 amide bonds. The second kappa shape index (κ2) is 5.87. The summed E-state index contributed by atoms with van der Waals surface area (Å²) < 4.78 is 0. The molecule has 19 heavy (non-hydrogen) atoms. The topological polar surface area (TPSA) is 15.3 Å². The van der Waals surface area contributed by atoms with Crippen LogP contribution in [0.2, 0.25) is 0 Å². The standard InChI is InChI=1S/C16H20N2S/c1-13-10-18(8-7-17-13)11-16-9-15(12-19-16)14-5-3-2-4-6-14/h2-6,9,12-13,17H,7-8,10-11H2,1H3. The maximum atomic E-state index is 3.49. The van der Waals surface area contributed by atoms with Crippen LogP contribution in [0, 0.1) is 0 Å². The second-order valence-electron chi connectivity index (χ2n) is 5.26. The van der Waals surface area contributed by atoms with Gasteiger partial charge in [-0.15, -0.1) is 11.3 Å². The fraction of sp³-hybridized carbons (Fsp3) is 0.375. The third kappa shape index (κ3) is 3.24. The molecule has 1 fully saturated rings. The van der Waals surface area contributed by atoms with Crippen LogP contribution < -0.4 is 5.32 Å². The lowest BCUT2D eigenvalue weighted by Gasteiger charge is -2.31. The van der Waals surface area contributed by atoms with E-state index in [-0.39, 0.29) is 0 Å². The van der Waals surface area contributed by atoms with Crippen LogP contribution in [-0.4, -0.2) is 30.6 Å². The van der Waals surface area contributed by atoms with Crippen LogP contribution in [0.1, 0.15) is 11.8 Å². The van der Waals surface area contributed by atoms with Gasteiger partial charge in [0.25, 0.3) is 0 Å². The molecule has 1 aromatic heterocycles. The first-order valence-electron chi connectivity index (χ1n) is 6.90. The third-order valence-corrected chi connectivity index (χ3v) is 4.51. The van der Waals surface area contributed by atoms with Crippen molar-refractivity contribution >= 4 is 11.3 Å². The highest BCUT2D eigenvalue weighted by molar-refractivity contribution is 7.10. The number of piperazine rings is 1. The number of thiophene rings is 1. The molecule has 100 valence electrons. The Balaban J connectivity index is 1.68. The number of hydrogen-bond acceptors (Lipinski definition) is 3. The van der Waals surface area contributed by atoms with Crippen LogP contribution in [0.4, 0.5) is 0 Å². The Morgan fingerprint density at radius 2 is 2.11 bits per heavy atom. The molecule has 1 aliphatic heterocycles. The summed E-state index contributed by atoms with van der Waals surface area (Å²) in [5, 5.41) is 5.76. The predicted molar refractivity (Wildman–Crippen MR) is 82.5 cm³/mol. The Hall–Kier alpha value is -1.16. The molecule has 1 atom stereocenters. The lowest BCUT2D eigenvalue weighted by Crippen LogP contribution is -2.48. The Morgan fingerprint density at radius 3 is 2.89 bits per heavy atom. The fourth-order valence-corrected chi connectivity index (χ4v) is 3.56. The van der Waals surface area contributed by atoms with E-state index in [9.17, 15) is 0 Å². The van der Waals surface area contributed by atoms with Gasteiger partial charge in [-0.25, -0.2) is 0 Å². The van der Waals surface area contributed by atoms with Gasteiger partial charge < -0.3 is 5.32 Å². The molecule has 2 nitrogen and oxygen atoms in total. The lowest BCUT2D eigenvalue weighted by atomic mass is 10.1. The van der Waals surface area contributed by atoms with E-state index in [0.717, 1.165) is 26.2 Å². The average molecular weight is 272 g/mol. The van der Waals surface area contributed by atoms with Gasteiger partial charge in [0.1, 0.15) is 0 Å². The van der Waals surface area contributed by atoms with Gasteiger partial charge in [0.15, 0.2) is 0 Å². The van der Waals surface area contributed by atoms with E-state index in [1.807, 2.05) is 11.3 Å². The fourth-order valence-electron chi connectivity index (χ4n) is 2.62. The minimum absolute atomic E-state index is 0.613. The summed E-state index contributed by atoms with van der Waals surface area (Å²) in [6, 6.07) is 13.6. The van der Waals surface area contributed by atoms with Crippen molar-refractivity contribution < 1.29 is 0 Å². The summed E-state index contributed by atoms with van der Waals surface area (Å²) in [4.78, 5) is 4.01. The van der Waals surface area contributed by atoms with E-state index in [1.54, 1.807) is 0 Å². The van der Waals surface area contributed by atoms with Crippen LogP contribution in [-0.2, 0) is 6.54 Å². The number of hydrogen-bond donors (Lipinski definition) is 1. The summed E-state index contributed by atoms with van der Waals surface area (Å²) in [7, 11) is 0. The first kappa shape index (κ1) is 12.9. The number of benzene rings is 1. The van der Waals surface area contributed by atoms with Crippen molar-refractivity contribution in [3.05, 3.63) is 46.7 Å². The zero-order valence-electron chi connectivity index (χ0n) is 11.3. The van der Waals surface area contributed by atoms with Crippen molar-refractivity contribution in [3.8, 4) is 11.1 Å². The third-order valence-electron chi connectivity index (χ3n) is 3.59. The Morgan fingerprint density at radius 1 is 1.26 bits per heavy atom. The van der Waals surface area contributed by atoms with Gasteiger partial charge in [0, 0.05) is 37.1 Å². The van der Waals surface area contributed by atoms with Crippen molar-refractivity contribution in [1.82, 2.24) is 10.2 Å². The van der Waals surface area contributed by atoms with Gasteiger partial charge in [-0.1, -0.05) is 30.3 Å². The van der Waals surface area contributed by atoms with Crippen molar-refractivity contribution in [3.63, 3.8) is 0 Å². The van der Waals surface area contributed by atoms with Crippen molar-refractivity contribution in [2.24, 2.45) is 0 Å². The zero-order valence-corrected chi connectivity index (χ0v) is 12.1. The van der Waals surface area contributed by atoms with Gasteiger partial charge >= 0.3 is 0 Å². The molecule has 1 N–H and O–H groups in total. The SMILES string of the molecule is CC1CN(Cc2cc(-c3ccccc3)cs2)CCN1. The zero-order chi connectivity index (χ0) is 13.1. The molecule has 1 aromatic carbocycles.